The first kappa shape index (κ1) is 23.9. The molecule has 2 aromatic carbocycles. The third-order valence-corrected chi connectivity index (χ3v) is 8.50. The van der Waals surface area contributed by atoms with Gasteiger partial charge in [-0.2, -0.15) is 0 Å². The summed E-state index contributed by atoms with van der Waals surface area (Å²) in [6.45, 7) is 0. The van der Waals surface area contributed by atoms with Gasteiger partial charge in [0.25, 0.3) is 0 Å². The van der Waals surface area contributed by atoms with Gasteiger partial charge in [-0.25, -0.2) is 0 Å². The predicted molar refractivity (Wildman–Crippen MR) is 130 cm³/mol. The number of anilines is 1. The van der Waals surface area contributed by atoms with Crippen molar-refractivity contribution in [1.82, 2.24) is 4.98 Å². The lowest BCUT2D eigenvalue weighted by Crippen LogP contribution is -1.99. The van der Waals surface area contributed by atoms with Crippen molar-refractivity contribution < 1.29 is 0 Å². The van der Waals surface area contributed by atoms with E-state index in [9.17, 15) is 0 Å². The van der Waals surface area contributed by atoms with Crippen molar-refractivity contribution in [2.24, 2.45) is 0 Å². The van der Waals surface area contributed by atoms with Crippen LogP contribution >= 0.6 is 116 Å². The molecule has 0 saturated heterocycles. The molecule has 2 N–H and O–H groups in total. The van der Waals surface area contributed by atoms with E-state index in [2.05, 4.69) is 4.98 Å². The molecule has 0 aliphatic heterocycles. The number of nitrogens with two attached hydrogens (primary N) is 1. The third kappa shape index (κ3) is 3.96. The molecule has 0 aliphatic carbocycles. The smallest absolute Gasteiger partial charge is 0.0809 e. The molecule has 1 aromatic heterocycles. The average molecular weight is 591 g/mol. The first-order valence-corrected chi connectivity index (χ1v) is 11.1. The summed E-state index contributed by atoms with van der Waals surface area (Å²) in [4.78, 5) is 4.17. The van der Waals surface area contributed by atoms with E-state index < -0.39 is 0 Å². The number of hydrogen-bond acceptors (Lipinski definition) is 2. The van der Waals surface area contributed by atoms with Crippen LogP contribution in [0.2, 0.25) is 50.2 Å². The molecule has 3 rings (SSSR count). The van der Waals surface area contributed by atoms with Gasteiger partial charge in [0.2, 0.25) is 0 Å². The predicted octanol–water partition coefficient (Wildman–Crippen LogP) is 10.5. The summed E-state index contributed by atoms with van der Waals surface area (Å²) in [5.74, 6) is 0. The molecule has 0 atom stereocenters. The number of nitrogens with zero attached hydrogens (tertiary/aromatic N) is 1. The third-order valence-electron chi connectivity index (χ3n) is 3.95. The highest BCUT2D eigenvalue weighted by atomic mass is 35.5. The molecule has 0 saturated carbocycles. The topological polar surface area (TPSA) is 38.9 Å². The highest BCUT2D eigenvalue weighted by molar-refractivity contribution is 6.58. The molecule has 0 unspecified atom stereocenters. The van der Waals surface area contributed by atoms with Crippen molar-refractivity contribution >= 4 is 122 Å². The Labute approximate surface area is 215 Å². The molecule has 29 heavy (non-hydrogen) atoms. The van der Waals surface area contributed by atoms with Gasteiger partial charge in [-0.1, -0.05) is 116 Å². The summed E-state index contributed by atoms with van der Waals surface area (Å²) in [7, 11) is 0. The average Bonchev–Trinajstić information content (AvgIpc) is 2.70. The van der Waals surface area contributed by atoms with E-state index >= 15 is 0 Å². The highest BCUT2D eigenvalue weighted by Gasteiger charge is 2.26. The van der Waals surface area contributed by atoms with E-state index in [1.54, 1.807) is 0 Å². The molecule has 0 amide bonds. The molecule has 152 valence electrons. The second kappa shape index (κ2) is 9.03. The Balaban J connectivity index is 2.40. The number of nitrogen functional groups attached to an aromatic ring is 1. The molecule has 0 aliphatic rings. The fourth-order valence-electron chi connectivity index (χ4n) is 2.55. The van der Waals surface area contributed by atoms with Crippen LogP contribution in [0.25, 0.3) is 22.3 Å². The molecular weight excluding hydrogens is 587 g/mol. The number of rotatable bonds is 2. The second-order valence-electron chi connectivity index (χ2n) is 5.54. The Morgan fingerprint density at radius 1 is 0.448 bits per heavy atom. The van der Waals surface area contributed by atoms with Crippen LogP contribution in [-0.4, -0.2) is 4.98 Å². The number of benzene rings is 2. The minimum absolute atomic E-state index is 0.0104. The van der Waals surface area contributed by atoms with Crippen LogP contribution in [-0.2, 0) is 0 Å². The molecule has 2 nitrogen and oxygen atoms in total. The molecule has 3 aromatic rings. The van der Waals surface area contributed by atoms with Crippen molar-refractivity contribution in [1.29, 1.82) is 0 Å². The van der Waals surface area contributed by atoms with E-state index in [1.165, 1.54) is 12.4 Å². The summed E-state index contributed by atoms with van der Waals surface area (Å²) >= 11 is 62.2. The first-order chi connectivity index (χ1) is 13.5. The highest BCUT2D eigenvalue weighted by Crippen LogP contribution is 2.53. The monoisotopic (exact) mass is 586 g/mol. The van der Waals surface area contributed by atoms with Crippen LogP contribution in [0, 0.1) is 0 Å². The van der Waals surface area contributed by atoms with Crippen molar-refractivity contribution in [2.45, 2.75) is 0 Å². The summed E-state index contributed by atoms with van der Waals surface area (Å²) in [5, 5.41) is 0.235. The van der Waals surface area contributed by atoms with Gasteiger partial charge < -0.3 is 5.73 Å². The van der Waals surface area contributed by atoms with Gasteiger partial charge in [0.1, 0.15) is 0 Å². The number of hydrogen-bond donors (Lipinski definition) is 1. The van der Waals surface area contributed by atoms with Gasteiger partial charge in [0.05, 0.1) is 55.9 Å². The lowest BCUT2D eigenvalue weighted by Gasteiger charge is -2.18. The van der Waals surface area contributed by atoms with E-state index in [1.807, 2.05) is 0 Å². The second-order valence-corrected chi connectivity index (χ2v) is 9.32. The molecule has 0 spiro atoms. The largest absolute Gasteiger partial charge is 0.398 e. The minimum Gasteiger partial charge on any atom is -0.398 e. The summed E-state index contributed by atoms with van der Waals surface area (Å²) in [6.07, 6.45) is 2.85. The lowest BCUT2D eigenvalue weighted by molar-refractivity contribution is 1.33. The first-order valence-electron chi connectivity index (χ1n) is 7.27. The molecule has 1 heterocycles. The summed E-state index contributed by atoms with van der Waals surface area (Å²) in [6, 6.07) is 0. The zero-order valence-corrected chi connectivity index (χ0v) is 21.0. The molecule has 0 fully saturated rings. The molecular formula is C17H4Cl10N2. The van der Waals surface area contributed by atoms with Gasteiger partial charge in [-0.15, -0.1) is 0 Å². The van der Waals surface area contributed by atoms with E-state index in [0.29, 0.717) is 11.1 Å². The van der Waals surface area contributed by atoms with Crippen molar-refractivity contribution in [3.8, 4) is 22.3 Å². The van der Waals surface area contributed by atoms with Crippen LogP contribution in [0.3, 0.4) is 0 Å². The Kier molecular flexibility index (Phi) is 7.46. The number of aromatic nitrogens is 1. The minimum atomic E-state index is 0.0104. The standard InChI is InChI=1S/C17H4Cl10N2/c18-7-5(8(19)12(23)15(26)11(7)22)3-1-29-2-4(17(3)28)6-9(20)13(24)16(27)14(25)10(6)21/h1-2H,(H2,28,29). The van der Waals surface area contributed by atoms with Crippen LogP contribution in [0.15, 0.2) is 12.4 Å². The van der Waals surface area contributed by atoms with Crippen LogP contribution < -0.4 is 5.73 Å². The van der Waals surface area contributed by atoms with E-state index in [-0.39, 0.29) is 67.0 Å². The Morgan fingerprint density at radius 2 is 0.690 bits per heavy atom. The fourth-order valence-corrected chi connectivity index (χ4v) is 5.24. The van der Waals surface area contributed by atoms with E-state index in [4.69, 9.17) is 122 Å². The maximum absolute atomic E-state index is 6.39. The molecule has 12 heteroatoms. The van der Waals surface area contributed by atoms with Gasteiger partial charge in [-0.05, 0) is 0 Å². The van der Waals surface area contributed by atoms with Gasteiger partial charge in [0, 0.05) is 34.6 Å². The lowest BCUT2D eigenvalue weighted by atomic mass is 9.98. The van der Waals surface area contributed by atoms with Crippen LogP contribution in [0.1, 0.15) is 0 Å². The Morgan fingerprint density at radius 3 is 0.966 bits per heavy atom. The number of halogens is 10. The summed E-state index contributed by atoms with van der Waals surface area (Å²) in [5.41, 5.74) is 7.64. The Bertz CT molecular complexity index is 1030. The van der Waals surface area contributed by atoms with Gasteiger partial charge in [-0.3, -0.25) is 4.98 Å². The Hall–Kier alpha value is 0.290. The maximum atomic E-state index is 6.39. The number of pyridine rings is 1. The van der Waals surface area contributed by atoms with Crippen LogP contribution in [0.5, 0.6) is 0 Å². The van der Waals surface area contributed by atoms with Crippen molar-refractivity contribution in [2.75, 3.05) is 5.73 Å². The molecule has 0 radical (unpaired) electrons. The van der Waals surface area contributed by atoms with Crippen molar-refractivity contribution in [3.05, 3.63) is 62.6 Å². The SMILES string of the molecule is Nc1c(-c2c(Cl)c(Cl)c(Cl)c(Cl)c2Cl)cncc1-c1c(Cl)c(Cl)c(Cl)c(Cl)c1Cl. The summed E-state index contributed by atoms with van der Waals surface area (Å²) < 4.78 is 0. The maximum Gasteiger partial charge on any atom is 0.0809 e. The van der Waals surface area contributed by atoms with E-state index in [0.717, 1.165) is 0 Å². The normalized spacial score (nSPS) is 11.2. The van der Waals surface area contributed by atoms with Crippen LogP contribution in [0.4, 0.5) is 5.69 Å². The van der Waals surface area contributed by atoms with Crippen molar-refractivity contribution in [3.63, 3.8) is 0 Å². The molecule has 0 bridgehead atoms. The van der Waals surface area contributed by atoms with Gasteiger partial charge in [0.15, 0.2) is 0 Å². The zero-order valence-electron chi connectivity index (χ0n) is 13.5. The van der Waals surface area contributed by atoms with Gasteiger partial charge >= 0.3 is 0 Å². The fraction of sp³-hybridized carbons (Fsp3) is 0. The zero-order chi connectivity index (χ0) is 21.8. The quantitative estimate of drug-likeness (QED) is 0.238.